The van der Waals surface area contributed by atoms with Gasteiger partial charge in [-0.3, -0.25) is 4.79 Å². The lowest BCUT2D eigenvalue weighted by molar-refractivity contribution is -0.147. The molecule has 0 amide bonds. The van der Waals surface area contributed by atoms with Crippen molar-refractivity contribution in [3.05, 3.63) is 0 Å². The van der Waals surface area contributed by atoms with Crippen LogP contribution in [0.15, 0.2) is 0 Å². The van der Waals surface area contributed by atoms with Crippen molar-refractivity contribution in [3.63, 3.8) is 0 Å². The van der Waals surface area contributed by atoms with Gasteiger partial charge in [0.2, 0.25) is 0 Å². The zero-order valence-corrected chi connectivity index (χ0v) is 9.65. The van der Waals surface area contributed by atoms with Crippen LogP contribution in [0.5, 0.6) is 0 Å². The van der Waals surface area contributed by atoms with E-state index in [-0.39, 0.29) is 12.1 Å². The second-order valence-electron chi connectivity index (χ2n) is 3.10. The van der Waals surface area contributed by atoms with Crippen molar-refractivity contribution in [3.8, 4) is 0 Å². The second-order valence-corrected chi connectivity index (χ2v) is 3.10. The quantitative estimate of drug-likeness (QED) is 0.652. The van der Waals surface area contributed by atoms with E-state index in [1.165, 1.54) is 6.92 Å². The molecule has 1 atom stereocenters. The maximum Gasteiger partial charge on any atom is 0.302 e. The van der Waals surface area contributed by atoms with Crippen molar-refractivity contribution in [2.24, 2.45) is 0 Å². The van der Waals surface area contributed by atoms with Gasteiger partial charge in [-0.2, -0.15) is 0 Å². The maximum atomic E-state index is 10.3. The SMILES string of the molecule is C1COCCO1.COCC(C)OC(C)=O. The number of hydrogen-bond donors (Lipinski definition) is 0. The van der Waals surface area contributed by atoms with Gasteiger partial charge >= 0.3 is 5.97 Å². The van der Waals surface area contributed by atoms with E-state index in [1.807, 2.05) is 0 Å². The number of carbonyl (C=O) groups is 1. The molecule has 1 fully saturated rings. The van der Waals surface area contributed by atoms with Crippen molar-refractivity contribution in [1.29, 1.82) is 0 Å². The van der Waals surface area contributed by atoms with Crippen LogP contribution < -0.4 is 0 Å². The largest absolute Gasteiger partial charge is 0.460 e. The van der Waals surface area contributed by atoms with E-state index in [4.69, 9.17) is 18.9 Å². The van der Waals surface area contributed by atoms with Gasteiger partial charge in [0.25, 0.3) is 0 Å². The zero-order valence-electron chi connectivity index (χ0n) is 9.65. The Morgan fingerprint density at radius 1 is 1.27 bits per heavy atom. The first kappa shape index (κ1) is 14.3. The van der Waals surface area contributed by atoms with Crippen LogP contribution in [0.25, 0.3) is 0 Å². The Kier molecular flexibility index (Phi) is 9.46. The normalized spacial score (nSPS) is 17.3. The van der Waals surface area contributed by atoms with Crippen molar-refractivity contribution < 1.29 is 23.7 Å². The number of carbonyl (C=O) groups excluding carboxylic acids is 1. The molecule has 15 heavy (non-hydrogen) atoms. The molecule has 1 rings (SSSR count). The summed E-state index contributed by atoms with van der Waals surface area (Å²) in [5.74, 6) is -0.264. The lowest BCUT2D eigenvalue weighted by Gasteiger charge is -2.09. The standard InChI is InChI=1S/C6H12O3.C4H8O2/c1-5(4-8-3)9-6(2)7;1-2-6-4-3-5-1/h5H,4H2,1-3H3;1-4H2. The molecular weight excluding hydrogens is 200 g/mol. The van der Waals surface area contributed by atoms with Crippen molar-refractivity contribution in [2.75, 3.05) is 40.1 Å². The first-order valence-corrected chi connectivity index (χ1v) is 4.98. The monoisotopic (exact) mass is 220 g/mol. The van der Waals surface area contributed by atoms with Crippen molar-refractivity contribution in [1.82, 2.24) is 0 Å². The van der Waals surface area contributed by atoms with E-state index >= 15 is 0 Å². The van der Waals surface area contributed by atoms with Crippen LogP contribution in [0.2, 0.25) is 0 Å². The maximum absolute atomic E-state index is 10.3. The van der Waals surface area contributed by atoms with Gasteiger partial charge in [0.05, 0.1) is 33.0 Å². The van der Waals surface area contributed by atoms with Crippen molar-refractivity contribution in [2.45, 2.75) is 20.0 Å². The van der Waals surface area contributed by atoms with Crippen LogP contribution in [0, 0.1) is 0 Å². The summed E-state index contributed by atoms with van der Waals surface area (Å²) >= 11 is 0. The molecule has 1 unspecified atom stereocenters. The minimum atomic E-state index is -0.264. The summed E-state index contributed by atoms with van der Waals surface area (Å²) in [6.45, 7) is 6.73. The Morgan fingerprint density at radius 2 is 1.73 bits per heavy atom. The van der Waals surface area contributed by atoms with E-state index in [0.717, 1.165) is 26.4 Å². The molecule has 0 saturated carbocycles. The molecule has 0 aromatic carbocycles. The first-order valence-electron chi connectivity index (χ1n) is 4.98. The highest BCUT2D eigenvalue weighted by Gasteiger charge is 2.02. The number of esters is 1. The molecule has 1 heterocycles. The van der Waals surface area contributed by atoms with Gasteiger partial charge in [0, 0.05) is 14.0 Å². The van der Waals surface area contributed by atoms with Gasteiger partial charge in [0.1, 0.15) is 6.10 Å². The van der Waals surface area contributed by atoms with Gasteiger partial charge in [0.15, 0.2) is 0 Å². The summed E-state index contributed by atoms with van der Waals surface area (Å²) < 4.78 is 19.3. The third-order valence-corrected chi connectivity index (χ3v) is 1.51. The Labute approximate surface area is 90.6 Å². The van der Waals surface area contributed by atoms with E-state index in [2.05, 4.69) is 0 Å². The van der Waals surface area contributed by atoms with E-state index in [1.54, 1.807) is 14.0 Å². The predicted octanol–water partition coefficient (Wildman–Crippen LogP) is 0.618. The molecule has 1 aliphatic heterocycles. The molecule has 0 aromatic rings. The summed E-state index contributed by atoms with van der Waals surface area (Å²) in [5.41, 5.74) is 0. The molecule has 5 nitrogen and oxygen atoms in total. The minimum absolute atomic E-state index is 0.132. The van der Waals surface area contributed by atoms with E-state index in [0.29, 0.717) is 6.61 Å². The number of methoxy groups -OCH3 is 1. The van der Waals surface area contributed by atoms with Crippen LogP contribution in [-0.2, 0) is 23.7 Å². The fourth-order valence-corrected chi connectivity index (χ4v) is 0.992. The molecule has 0 aromatic heterocycles. The molecule has 0 spiro atoms. The van der Waals surface area contributed by atoms with Crippen LogP contribution >= 0.6 is 0 Å². The smallest absolute Gasteiger partial charge is 0.302 e. The fraction of sp³-hybridized carbons (Fsp3) is 0.900. The fourth-order valence-electron chi connectivity index (χ4n) is 0.992. The van der Waals surface area contributed by atoms with Crippen LogP contribution in [-0.4, -0.2) is 52.2 Å². The molecule has 0 N–H and O–H groups in total. The zero-order chi connectivity index (χ0) is 11.5. The third-order valence-electron chi connectivity index (χ3n) is 1.51. The summed E-state index contributed by atoms with van der Waals surface area (Å²) in [4.78, 5) is 10.3. The number of hydrogen-bond acceptors (Lipinski definition) is 5. The molecule has 0 radical (unpaired) electrons. The molecule has 5 heteroatoms. The Morgan fingerprint density at radius 3 is 2.00 bits per heavy atom. The average molecular weight is 220 g/mol. The van der Waals surface area contributed by atoms with Crippen molar-refractivity contribution >= 4 is 5.97 Å². The molecule has 1 aliphatic rings. The van der Waals surface area contributed by atoms with Crippen LogP contribution in [0.4, 0.5) is 0 Å². The summed E-state index contributed by atoms with van der Waals surface area (Å²) in [7, 11) is 1.57. The Hall–Kier alpha value is -0.650. The van der Waals surface area contributed by atoms with Gasteiger partial charge < -0.3 is 18.9 Å². The molecular formula is C10H20O5. The minimum Gasteiger partial charge on any atom is -0.460 e. The van der Waals surface area contributed by atoms with Crippen LogP contribution in [0.3, 0.4) is 0 Å². The Bertz CT molecular complexity index is 144. The Balaban J connectivity index is 0.000000280. The first-order chi connectivity index (χ1) is 7.16. The summed E-state index contributed by atoms with van der Waals surface area (Å²) in [6, 6.07) is 0. The third kappa shape index (κ3) is 11.3. The summed E-state index contributed by atoms with van der Waals surface area (Å²) in [5, 5.41) is 0. The predicted molar refractivity (Wildman–Crippen MR) is 54.7 cm³/mol. The highest BCUT2D eigenvalue weighted by atomic mass is 16.6. The molecule has 90 valence electrons. The summed E-state index contributed by atoms with van der Waals surface area (Å²) in [6.07, 6.45) is -0.132. The van der Waals surface area contributed by atoms with E-state index in [9.17, 15) is 4.79 Å². The van der Waals surface area contributed by atoms with E-state index < -0.39 is 0 Å². The second kappa shape index (κ2) is 9.89. The molecule has 0 aliphatic carbocycles. The van der Waals surface area contributed by atoms with Gasteiger partial charge in [-0.05, 0) is 6.92 Å². The lowest BCUT2D eigenvalue weighted by Crippen LogP contribution is -2.17. The van der Waals surface area contributed by atoms with Gasteiger partial charge in [-0.15, -0.1) is 0 Å². The number of ether oxygens (including phenoxy) is 4. The van der Waals surface area contributed by atoms with Gasteiger partial charge in [-0.1, -0.05) is 0 Å². The highest BCUT2D eigenvalue weighted by molar-refractivity contribution is 5.66. The highest BCUT2D eigenvalue weighted by Crippen LogP contribution is 1.90. The average Bonchev–Trinajstić information content (AvgIpc) is 2.20. The molecule has 0 bridgehead atoms. The lowest BCUT2D eigenvalue weighted by atomic mass is 10.4. The van der Waals surface area contributed by atoms with Gasteiger partial charge in [-0.25, -0.2) is 0 Å². The van der Waals surface area contributed by atoms with Crippen LogP contribution in [0.1, 0.15) is 13.8 Å². The molecule has 1 saturated heterocycles. The number of rotatable bonds is 3. The topological polar surface area (TPSA) is 54.0 Å².